The number of amides is 1. The fraction of sp³-hybridized carbons (Fsp3) is 0.0476. The van der Waals surface area contributed by atoms with Crippen molar-refractivity contribution in [2.24, 2.45) is 10.2 Å². The minimum absolute atomic E-state index is 0.133. The van der Waals surface area contributed by atoms with Gasteiger partial charge < -0.3 is 9.73 Å². The summed E-state index contributed by atoms with van der Waals surface area (Å²) in [5.74, 6) is 0.0772. The average Bonchev–Trinajstić information content (AvgIpc) is 3.16. The minimum atomic E-state index is -0.133. The van der Waals surface area contributed by atoms with Crippen molar-refractivity contribution in [1.82, 2.24) is 4.98 Å². The first-order valence-corrected chi connectivity index (χ1v) is 9.60. The van der Waals surface area contributed by atoms with Gasteiger partial charge >= 0.3 is 0 Å². The highest BCUT2D eigenvalue weighted by atomic mass is 32.2. The van der Waals surface area contributed by atoms with Gasteiger partial charge in [-0.2, -0.15) is 10.2 Å². The van der Waals surface area contributed by atoms with Gasteiger partial charge in [-0.25, -0.2) is 4.98 Å². The van der Waals surface area contributed by atoms with E-state index in [4.69, 9.17) is 4.42 Å². The minimum Gasteiger partial charge on any atom is -0.431 e. The van der Waals surface area contributed by atoms with E-state index in [9.17, 15) is 4.79 Å². The van der Waals surface area contributed by atoms with Crippen LogP contribution in [-0.4, -0.2) is 16.6 Å². The Balaban J connectivity index is 1.31. The normalized spacial score (nSPS) is 11.1. The van der Waals surface area contributed by atoms with Gasteiger partial charge in [-0.3, -0.25) is 4.79 Å². The van der Waals surface area contributed by atoms with Gasteiger partial charge in [0, 0.05) is 5.69 Å². The summed E-state index contributed by atoms with van der Waals surface area (Å²) in [5.41, 5.74) is 3.69. The predicted molar refractivity (Wildman–Crippen MR) is 110 cm³/mol. The molecule has 0 spiro atoms. The van der Waals surface area contributed by atoms with Gasteiger partial charge in [0.05, 0.1) is 17.1 Å². The third-order valence-electron chi connectivity index (χ3n) is 3.79. The lowest BCUT2D eigenvalue weighted by atomic mass is 10.3. The first-order valence-electron chi connectivity index (χ1n) is 8.61. The number of carbonyl (C=O) groups is 1. The van der Waals surface area contributed by atoms with Crippen molar-refractivity contribution in [2.45, 2.75) is 5.22 Å². The molecule has 1 aromatic heterocycles. The Kier molecular flexibility index (Phi) is 5.44. The molecule has 6 nitrogen and oxygen atoms in total. The van der Waals surface area contributed by atoms with Crippen LogP contribution in [0.5, 0.6) is 0 Å². The topological polar surface area (TPSA) is 79.9 Å². The number of nitrogens with one attached hydrogen (secondary N) is 1. The number of aromatic nitrogens is 1. The van der Waals surface area contributed by atoms with E-state index in [1.807, 2.05) is 54.6 Å². The zero-order valence-corrected chi connectivity index (χ0v) is 15.6. The van der Waals surface area contributed by atoms with E-state index in [0.29, 0.717) is 22.2 Å². The number of thioether (sulfide) groups is 1. The van der Waals surface area contributed by atoms with Crippen molar-refractivity contribution >= 4 is 45.8 Å². The van der Waals surface area contributed by atoms with Gasteiger partial charge in [0.1, 0.15) is 5.52 Å². The molecule has 0 saturated heterocycles. The van der Waals surface area contributed by atoms with E-state index < -0.39 is 0 Å². The van der Waals surface area contributed by atoms with Gasteiger partial charge in [-0.05, 0) is 48.5 Å². The fourth-order valence-corrected chi connectivity index (χ4v) is 3.10. The van der Waals surface area contributed by atoms with E-state index >= 15 is 0 Å². The van der Waals surface area contributed by atoms with E-state index in [0.717, 1.165) is 11.2 Å². The summed E-state index contributed by atoms with van der Waals surface area (Å²) < 4.78 is 5.60. The molecule has 7 heteroatoms. The molecule has 0 fully saturated rings. The maximum Gasteiger partial charge on any atom is 0.257 e. The smallest absolute Gasteiger partial charge is 0.257 e. The lowest BCUT2D eigenvalue weighted by Crippen LogP contribution is -2.13. The molecule has 4 rings (SSSR count). The average molecular weight is 388 g/mol. The van der Waals surface area contributed by atoms with Crippen LogP contribution in [-0.2, 0) is 4.79 Å². The molecule has 28 heavy (non-hydrogen) atoms. The van der Waals surface area contributed by atoms with Crippen LogP contribution in [0.3, 0.4) is 0 Å². The quantitative estimate of drug-likeness (QED) is 0.326. The van der Waals surface area contributed by atoms with Crippen molar-refractivity contribution in [3.05, 3.63) is 78.9 Å². The molecule has 0 unspecified atom stereocenters. The van der Waals surface area contributed by atoms with Crippen molar-refractivity contribution < 1.29 is 9.21 Å². The molecule has 4 aromatic rings. The lowest BCUT2D eigenvalue weighted by molar-refractivity contribution is -0.113. The molecule has 0 aliphatic heterocycles. The molecule has 1 amide bonds. The van der Waals surface area contributed by atoms with Gasteiger partial charge in [-0.1, -0.05) is 42.1 Å². The molecule has 1 N–H and O–H groups in total. The van der Waals surface area contributed by atoms with Gasteiger partial charge in [0.25, 0.3) is 5.22 Å². The van der Waals surface area contributed by atoms with Crippen LogP contribution in [0.25, 0.3) is 11.1 Å². The number of fused-ring (bicyclic) bond motifs is 1. The van der Waals surface area contributed by atoms with Gasteiger partial charge in [0.2, 0.25) is 5.91 Å². The monoisotopic (exact) mass is 388 g/mol. The van der Waals surface area contributed by atoms with Crippen molar-refractivity contribution in [1.29, 1.82) is 0 Å². The van der Waals surface area contributed by atoms with Crippen LogP contribution in [0.1, 0.15) is 0 Å². The number of oxazole rings is 1. The van der Waals surface area contributed by atoms with Gasteiger partial charge in [0.15, 0.2) is 5.58 Å². The maximum atomic E-state index is 12.2. The molecular weight excluding hydrogens is 372 g/mol. The second-order valence-electron chi connectivity index (χ2n) is 5.87. The van der Waals surface area contributed by atoms with Gasteiger partial charge in [-0.15, -0.1) is 0 Å². The number of nitrogens with zero attached hydrogens (tertiary/aromatic N) is 3. The Morgan fingerprint density at radius 2 is 1.57 bits per heavy atom. The molecule has 0 atom stereocenters. The lowest BCUT2D eigenvalue weighted by Gasteiger charge is -2.04. The number of benzene rings is 3. The highest BCUT2D eigenvalue weighted by Gasteiger charge is 2.09. The Morgan fingerprint density at radius 1 is 0.893 bits per heavy atom. The number of carbonyl (C=O) groups excluding carboxylic acids is 1. The second kappa shape index (κ2) is 8.49. The summed E-state index contributed by atoms with van der Waals surface area (Å²) in [6, 6.07) is 24.2. The third-order valence-corrected chi connectivity index (χ3v) is 4.62. The standard InChI is InChI=1S/C21H16N4O2S/c26-20(14-28-21-23-18-8-4-5-9-19(18)27-21)22-15-10-12-17(13-11-15)25-24-16-6-2-1-3-7-16/h1-13H,14H2,(H,22,26). The summed E-state index contributed by atoms with van der Waals surface area (Å²) in [4.78, 5) is 16.5. The van der Waals surface area contributed by atoms with E-state index in [1.165, 1.54) is 11.8 Å². The molecule has 0 bridgehead atoms. The zero-order chi connectivity index (χ0) is 19.2. The summed E-state index contributed by atoms with van der Waals surface area (Å²) >= 11 is 1.26. The van der Waals surface area contributed by atoms with Crippen LogP contribution in [0.2, 0.25) is 0 Å². The molecule has 138 valence electrons. The fourth-order valence-electron chi connectivity index (χ4n) is 2.46. The zero-order valence-electron chi connectivity index (χ0n) is 14.8. The molecule has 3 aromatic carbocycles. The number of anilines is 1. The summed E-state index contributed by atoms with van der Waals surface area (Å²) in [6.45, 7) is 0. The molecule has 0 radical (unpaired) electrons. The largest absolute Gasteiger partial charge is 0.431 e. The number of azo groups is 1. The molecule has 0 aliphatic carbocycles. The van der Waals surface area contributed by atoms with Crippen LogP contribution in [0, 0.1) is 0 Å². The van der Waals surface area contributed by atoms with Crippen molar-refractivity contribution in [2.75, 3.05) is 11.1 Å². The van der Waals surface area contributed by atoms with Crippen LogP contribution in [0.4, 0.5) is 17.1 Å². The SMILES string of the molecule is O=C(CSc1nc2ccccc2o1)Nc1ccc(N=Nc2ccccc2)cc1. The Hall–Kier alpha value is -3.45. The maximum absolute atomic E-state index is 12.2. The Bertz CT molecular complexity index is 1080. The molecule has 1 heterocycles. The highest BCUT2D eigenvalue weighted by Crippen LogP contribution is 2.24. The third kappa shape index (κ3) is 4.63. The molecular formula is C21H16N4O2S. The number of rotatable bonds is 6. The highest BCUT2D eigenvalue weighted by molar-refractivity contribution is 7.99. The van der Waals surface area contributed by atoms with E-state index in [1.54, 1.807) is 24.3 Å². The predicted octanol–water partition coefficient (Wildman–Crippen LogP) is 5.97. The number of hydrogen-bond donors (Lipinski definition) is 1. The van der Waals surface area contributed by atoms with E-state index in [-0.39, 0.29) is 11.7 Å². The van der Waals surface area contributed by atoms with Crippen LogP contribution >= 0.6 is 11.8 Å². The molecule has 0 aliphatic rings. The first-order chi connectivity index (χ1) is 13.8. The second-order valence-corrected chi connectivity index (χ2v) is 6.79. The van der Waals surface area contributed by atoms with Crippen LogP contribution < -0.4 is 5.32 Å². The van der Waals surface area contributed by atoms with Crippen LogP contribution in [0.15, 0.2) is 98.7 Å². The summed E-state index contributed by atoms with van der Waals surface area (Å²) in [6.07, 6.45) is 0. The summed E-state index contributed by atoms with van der Waals surface area (Å²) in [5, 5.41) is 11.7. The Morgan fingerprint density at radius 3 is 2.32 bits per heavy atom. The summed E-state index contributed by atoms with van der Waals surface area (Å²) in [7, 11) is 0. The first kappa shape index (κ1) is 17.9. The van der Waals surface area contributed by atoms with E-state index in [2.05, 4.69) is 20.5 Å². The van der Waals surface area contributed by atoms with Crippen molar-refractivity contribution in [3.8, 4) is 0 Å². The molecule has 0 saturated carbocycles. The number of hydrogen-bond acceptors (Lipinski definition) is 6. The Labute approximate surface area is 165 Å². The van der Waals surface area contributed by atoms with Crippen molar-refractivity contribution in [3.63, 3.8) is 0 Å². The number of para-hydroxylation sites is 2.